The first kappa shape index (κ1) is 14.9. The second kappa shape index (κ2) is 6.27. The van der Waals surface area contributed by atoms with Gasteiger partial charge in [-0.15, -0.1) is 0 Å². The van der Waals surface area contributed by atoms with Crippen LogP contribution >= 0.6 is 0 Å². The second-order valence-corrected chi connectivity index (χ2v) is 5.85. The smallest absolute Gasteiger partial charge is 0.314 e. The van der Waals surface area contributed by atoms with Gasteiger partial charge in [-0.25, -0.2) is 4.79 Å². The number of primary amides is 1. The normalized spacial score (nSPS) is 18.1. The third-order valence-corrected chi connectivity index (χ3v) is 4.18. The Morgan fingerprint density at radius 2 is 2.00 bits per heavy atom. The molecule has 1 atom stereocenters. The lowest BCUT2D eigenvalue weighted by atomic mass is 9.98. The Labute approximate surface area is 121 Å². The highest BCUT2D eigenvalue weighted by Crippen LogP contribution is 2.21. The van der Waals surface area contributed by atoms with Gasteiger partial charge < -0.3 is 16.0 Å². The summed E-state index contributed by atoms with van der Waals surface area (Å²) >= 11 is 0. The van der Waals surface area contributed by atoms with E-state index in [2.05, 4.69) is 44.3 Å². The van der Waals surface area contributed by atoms with Gasteiger partial charge in [-0.2, -0.15) is 0 Å². The Balaban J connectivity index is 1.92. The van der Waals surface area contributed by atoms with Crippen molar-refractivity contribution in [3.63, 3.8) is 0 Å². The maximum Gasteiger partial charge on any atom is 0.314 e. The van der Waals surface area contributed by atoms with Crippen LogP contribution in [0.4, 0.5) is 4.79 Å². The monoisotopic (exact) mass is 275 g/mol. The average molecular weight is 275 g/mol. The van der Waals surface area contributed by atoms with E-state index in [0.29, 0.717) is 12.1 Å². The molecule has 4 nitrogen and oxygen atoms in total. The molecule has 1 unspecified atom stereocenters. The predicted octanol–water partition coefficient (Wildman–Crippen LogP) is 2.50. The molecule has 0 spiro atoms. The number of nitrogens with zero attached hydrogens (tertiary/aromatic N) is 1. The summed E-state index contributed by atoms with van der Waals surface area (Å²) < 4.78 is 0. The lowest BCUT2D eigenvalue weighted by molar-refractivity contribution is 0.183. The van der Waals surface area contributed by atoms with Gasteiger partial charge in [0.05, 0.1) is 0 Å². The van der Waals surface area contributed by atoms with Gasteiger partial charge in [0.15, 0.2) is 0 Å². The Morgan fingerprint density at radius 1 is 1.35 bits per heavy atom. The fourth-order valence-corrected chi connectivity index (χ4v) is 3.02. The van der Waals surface area contributed by atoms with E-state index in [1.807, 2.05) is 0 Å². The highest BCUT2D eigenvalue weighted by molar-refractivity contribution is 5.72. The van der Waals surface area contributed by atoms with Crippen molar-refractivity contribution in [2.45, 2.75) is 45.7 Å². The third kappa shape index (κ3) is 3.51. The first-order chi connectivity index (χ1) is 9.47. The van der Waals surface area contributed by atoms with Crippen LogP contribution in [0.25, 0.3) is 0 Å². The van der Waals surface area contributed by atoms with Gasteiger partial charge in [0, 0.05) is 25.2 Å². The van der Waals surface area contributed by atoms with Crippen LogP contribution in [-0.2, 0) is 0 Å². The first-order valence-electron chi connectivity index (χ1n) is 7.35. The summed E-state index contributed by atoms with van der Waals surface area (Å²) in [4.78, 5) is 12.8. The van der Waals surface area contributed by atoms with E-state index in [9.17, 15) is 4.79 Å². The number of amides is 2. The molecule has 2 amide bonds. The zero-order valence-corrected chi connectivity index (χ0v) is 12.6. The average Bonchev–Trinajstić information content (AvgIpc) is 2.39. The molecular formula is C16H25N3O. The minimum absolute atomic E-state index is 0.300. The van der Waals surface area contributed by atoms with Crippen LogP contribution in [0.5, 0.6) is 0 Å². The van der Waals surface area contributed by atoms with Crippen molar-refractivity contribution in [3.05, 3.63) is 34.9 Å². The fraction of sp³-hybridized carbons (Fsp3) is 0.562. The van der Waals surface area contributed by atoms with Crippen LogP contribution in [0.1, 0.15) is 42.5 Å². The second-order valence-electron chi connectivity index (χ2n) is 5.85. The summed E-state index contributed by atoms with van der Waals surface area (Å²) in [5, 5.41) is 3.68. The highest BCUT2D eigenvalue weighted by Gasteiger charge is 2.22. The molecule has 0 saturated carbocycles. The molecular weight excluding hydrogens is 250 g/mol. The molecule has 0 bridgehead atoms. The van der Waals surface area contributed by atoms with E-state index in [0.717, 1.165) is 25.9 Å². The molecule has 1 heterocycles. The van der Waals surface area contributed by atoms with E-state index in [1.165, 1.54) is 16.7 Å². The number of aryl methyl sites for hydroxylation is 2. The molecule has 3 N–H and O–H groups in total. The van der Waals surface area contributed by atoms with E-state index >= 15 is 0 Å². The number of hydrogen-bond donors (Lipinski definition) is 2. The molecule has 1 saturated heterocycles. The molecule has 110 valence electrons. The van der Waals surface area contributed by atoms with Gasteiger partial charge in [-0.3, -0.25) is 0 Å². The molecule has 0 aliphatic carbocycles. The number of rotatable bonds is 3. The molecule has 4 heteroatoms. The summed E-state index contributed by atoms with van der Waals surface area (Å²) in [6, 6.07) is 7.09. The predicted molar refractivity (Wildman–Crippen MR) is 81.6 cm³/mol. The maximum absolute atomic E-state index is 11.1. The molecule has 0 aromatic heterocycles. The topological polar surface area (TPSA) is 58.4 Å². The Kier molecular flexibility index (Phi) is 4.65. The summed E-state index contributed by atoms with van der Waals surface area (Å²) in [6.07, 6.45) is 1.94. The summed E-state index contributed by atoms with van der Waals surface area (Å²) in [6.45, 7) is 8.00. The Bertz CT molecular complexity index is 479. The number of nitrogens with two attached hydrogens (primary N) is 1. The van der Waals surface area contributed by atoms with Crippen LogP contribution in [0.15, 0.2) is 18.2 Å². The van der Waals surface area contributed by atoms with Crippen LogP contribution in [0, 0.1) is 13.8 Å². The van der Waals surface area contributed by atoms with Crippen molar-refractivity contribution >= 4 is 6.03 Å². The van der Waals surface area contributed by atoms with Crippen LogP contribution in [0.2, 0.25) is 0 Å². The Hall–Kier alpha value is -1.55. The minimum atomic E-state index is -0.300. The number of nitrogens with one attached hydrogen (secondary N) is 1. The summed E-state index contributed by atoms with van der Waals surface area (Å²) in [5.74, 6) is 0. The standard InChI is InChI=1S/C16H25N3O/c1-11-4-5-15(12(2)10-11)13(3)18-14-6-8-19(9-7-14)16(17)20/h4-5,10,13-14,18H,6-9H2,1-3H3,(H2,17,20). The molecule has 1 fully saturated rings. The number of hydrogen-bond acceptors (Lipinski definition) is 2. The molecule has 1 aromatic rings. The molecule has 0 radical (unpaired) electrons. The number of likely N-dealkylation sites (tertiary alicyclic amines) is 1. The minimum Gasteiger partial charge on any atom is -0.351 e. The van der Waals surface area contributed by atoms with E-state index in [4.69, 9.17) is 5.73 Å². The lowest BCUT2D eigenvalue weighted by Gasteiger charge is -2.33. The van der Waals surface area contributed by atoms with Gasteiger partial charge in [-0.1, -0.05) is 23.8 Å². The fourth-order valence-electron chi connectivity index (χ4n) is 3.02. The quantitative estimate of drug-likeness (QED) is 0.890. The number of carbonyl (C=O) groups is 1. The van der Waals surface area contributed by atoms with Crippen molar-refractivity contribution in [1.29, 1.82) is 0 Å². The van der Waals surface area contributed by atoms with Gasteiger partial charge in [-0.05, 0) is 44.7 Å². The zero-order valence-electron chi connectivity index (χ0n) is 12.6. The molecule has 1 aliphatic rings. The van der Waals surface area contributed by atoms with Crippen molar-refractivity contribution in [3.8, 4) is 0 Å². The number of urea groups is 1. The van der Waals surface area contributed by atoms with Crippen LogP contribution < -0.4 is 11.1 Å². The van der Waals surface area contributed by atoms with Crippen molar-refractivity contribution < 1.29 is 4.79 Å². The number of piperidine rings is 1. The molecule has 1 aliphatic heterocycles. The van der Waals surface area contributed by atoms with Crippen LogP contribution in [0.3, 0.4) is 0 Å². The summed E-state index contributed by atoms with van der Waals surface area (Å²) in [5.41, 5.74) is 9.29. The largest absolute Gasteiger partial charge is 0.351 e. The van der Waals surface area contributed by atoms with E-state index in [-0.39, 0.29) is 6.03 Å². The van der Waals surface area contributed by atoms with Gasteiger partial charge in [0.1, 0.15) is 0 Å². The van der Waals surface area contributed by atoms with Gasteiger partial charge >= 0.3 is 6.03 Å². The van der Waals surface area contributed by atoms with Crippen molar-refractivity contribution in [1.82, 2.24) is 10.2 Å². The number of carbonyl (C=O) groups excluding carboxylic acids is 1. The molecule has 2 rings (SSSR count). The summed E-state index contributed by atoms with van der Waals surface area (Å²) in [7, 11) is 0. The highest BCUT2D eigenvalue weighted by atomic mass is 16.2. The third-order valence-electron chi connectivity index (χ3n) is 4.18. The van der Waals surface area contributed by atoms with Crippen molar-refractivity contribution in [2.24, 2.45) is 5.73 Å². The van der Waals surface area contributed by atoms with E-state index in [1.54, 1.807) is 4.90 Å². The van der Waals surface area contributed by atoms with Gasteiger partial charge in [0.2, 0.25) is 0 Å². The number of benzene rings is 1. The molecule has 1 aromatic carbocycles. The van der Waals surface area contributed by atoms with Gasteiger partial charge in [0.25, 0.3) is 0 Å². The van der Waals surface area contributed by atoms with Crippen LogP contribution in [-0.4, -0.2) is 30.1 Å². The zero-order chi connectivity index (χ0) is 14.7. The molecule has 20 heavy (non-hydrogen) atoms. The first-order valence-corrected chi connectivity index (χ1v) is 7.35. The Morgan fingerprint density at radius 3 is 2.55 bits per heavy atom. The lowest BCUT2D eigenvalue weighted by Crippen LogP contribution is -2.47. The maximum atomic E-state index is 11.1. The van der Waals surface area contributed by atoms with E-state index < -0.39 is 0 Å². The SMILES string of the molecule is Cc1ccc(C(C)NC2CCN(C(N)=O)CC2)c(C)c1. The van der Waals surface area contributed by atoms with Crippen molar-refractivity contribution in [2.75, 3.05) is 13.1 Å².